The summed E-state index contributed by atoms with van der Waals surface area (Å²) in [6.07, 6.45) is 0.361. The van der Waals surface area contributed by atoms with Crippen molar-refractivity contribution in [1.29, 1.82) is 0 Å². The second-order valence-corrected chi connectivity index (χ2v) is 6.91. The minimum Gasteiger partial charge on any atom is -0.348 e. The molecule has 1 heterocycles. The number of amides is 1. The molecule has 0 aliphatic rings. The molecule has 140 valence electrons. The third-order valence-electron chi connectivity index (χ3n) is 4.39. The molecule has 0 saturated heterocycles. The number of fused-ring (bicyclic) bond motifs is 1. The summed E-state index contributed by atoms with van der Waals surface area (Å²) in [4.78, 5) is 25.4. The quantitative estimate of drug-likeness (QED) is 0.751. The molecule has 0 spiro atoms. The lowest BCUT2D eigenvalue weighted by molar-refractivity contribution is 0.0934. The summed E-state index contributed by atoms with van der Waals surface area (Å²) in [5.74, 6) is -0.681. The molecule has 1 N–H and O–H groups in total. The summed E-state index contributed by atoms with van der Waals surface area (Å²) < 4.78 is 15.2. The van der Waals surface area contributed by atoms with E-state index < -0.39 is 0 Å². The normalized spacial score (nSPS) is 12.3. The summed E-state index contributed by atoms with van der Waals surface area (Å²) in [7, 11) is 0. The van der Waals surface area contributed by atoms with E-state index in [4.69, 9.17) is 0 Å². The van der Waals surface area contributed by atoms with Gasteiger partial charge in [-0.15, -0.1) is 0 Å². The van der Waals surface area contributed by atoms with Gasteiger partial charge in [-0.2, -0.15) is 5.10 Å². The fourth-order valence-electron chi connectivity index (χ4n) is 3.06. The van der Waals surface area contributed by atoms with Crippen LogP contribution in [0.3, 0.4) is 0 Å². The van der Waals surface area contributed by atoms with Crippen LogP contribution in [0.1, 0.15) is 42.9 Å². The van der Waals surface area contributed by atoms with Crippen LogP contribution in [0.2, 0.25) is 0 Å². The topological polar surface area (TPSA) is 64.0 Å². The van der Waals surface area contributed by atoms with Crippen molar-refractivity contribution in [2.45, 2.75) is 39.3 Å². The van der Waals surface area contributed by atoms with Crippen molar-refractivity contribution in [3.63, 3.8) is 0 Å². The second-order valence-electron chi connectivity index (χ2n) is 6.91. The van der Waals surface area contributed by atoms with Crippen molar-refractivity contribution >= 4 is 16.7 Å². The van der Waals surface area contributed by atoms with Gasteiger partial charge in [0.15, 0.2) is 5.69 Å². The molecular formula is C21H22FN3O2. The number of hydrogen-bond donors (Lipinski definition) is 1. The Labute approximate surface area is 156 Å². The fourth-order valence-corrected chi connectivity index (χ4v) is 3.06. The lowest BCUT2D eigenvalue weighted by Gasteiger charge is -2.17. The number of nitrogens with zero attached hydrogens (tertiary/aromatic N) is 2. The highest BCUT2D eigenvalue weighted by molar-refractivity contribution is 6.04. The van der Waals surface area contributed by atoms with Crippen LogP contribution in [0.4, 0.5) is 4.39 Å². The Hall–Kier alpha value is -3.02. The summed E-state index contributed by atoms with van der Waals surface area (Å²) >= 11 is 0. The molecule has 1 aromatic heterocycles. The summed E-state index contributed by atoms with van der Waals surface area (Å²) in [6, 6.07) is 13.0. The highest BCUT2D eigenvalue weighted by atomic mass is 19.1. The van der Waals surface area contributed by atoms with E-state index in [2.05, 4.69) is 10.4 Å². The van der Waals surface area contributed by atoms with Gasteiger partial charge >= 0.3 is 0 Å². The van der Waals surface area contributed by atoms with E-state index >= 15 is 0 Å². The van der Waals surface area contributed by atoms with Crippen molar-refractivity contribution in [2.24, 2.45) is 0 Å². The maximum Gasteiger partial charge on any atom is 0.274 e. The third-order valence-corrected chi connectivity index (χ3v) is 4.39. The number of benzene rings is 2. The first-order valence-electron chi connectivity index (χ1n) is 8.94. The lowest BCUT2D eigenvalue weighted by atomic mass is 10.1. The molecule has 0 bridgehead atoms. The van der Waals surface area contributed by atoms with E-state index in [1.54, 1.807) is 42.5 Å². The molecule has 5 nitrogen and oxygen atoms in total. The zero-order valence-electron chi connectivity index (χ0n) is 15.6. The van der Waals surface area contributed by atoms with E-state index in [-0.39, 0.29) is 35.1 Å². The van der Waals surface area contributed by atoms with Crippen LogP contribution in [-0.4, -0.2) is 21.7 Å². The van der Waals surface area contributed by atoms with Crippen molar-refractivity contribution in [3.8, 4) is 0 Å². The van der Waals surface area contributed by atoms with Gasteiger partial charge < -0.3 is 5.32 Å². The average Bonchev–Trinajstić information content (AvgIpc) is 2.63. The van der Waals surface area contributed by atoms with Crippen molar-refractivity contribution < 1.29 is 9.18 Å². The first-order chi connectivity index (χ1) is 12.9. The van der Waals surface area contributed by atoms with E-state index in [1.165, 1.54) is 10.7 Å². The van der Waals surface area contributed by atoms with Gasteiger partial charge in [-0.05, 0) is 44.9 Å². The molecule has 1 amide bonds. The van der Waals surface area contributed by atoms with Crippen molar-refractivity contribution in [3.05, 3.63) is 76.0 Å². The van der Waals surface area contributed by atoms with Crippen LogP contribution in [0.5, 0.6) is 0 Å². The first kappa shape index (κ1) is 18.8. The van der Waals surface area contributed by atoms with Gasteiger partial charge in [0.2, 0.25) is 0 Å². The van der Waals surface area contributed by atoms with E-state index in [1.807, 2.05) is 20.8 Å². The number of carbonyl (C=O) groups is 1. The van der Waals surface area contributed by atoms with Gasteiger partial charge in [0.05, 0.1) is 11.4 Å². The van der Waals surface area contributed by atoms with E-state index in [0.717, 1.165) is 0 Å². The molecule has 2 aromatic carbocycles. The lowest BCUT2D eigenvalue weighted by Crippen LogP contribution is -2.37. The zero-order valence-corrected chi connectivity index (χ0v) is 15.6. The van der Waals surface area contributed by atoms with Gasteiger partial charge in [-0.25, -0.2) is 9.07 Å². The predicted octanol–water partition coefficient (Wildman–Crippen LogP) is 3.48. The highest BCUT2D eigenvalue weighted by Gasteiger charge is 2.19. The molecule has 0 radical (unpaired) electrons. The van der Waals surface area contributed by atoms with E-state index in [9.17, 15) is 14.0 Å². The van der Waals surface area contributed by atoms with Crippen molar-refractivity contribution in [1.82, 2.24) is 15.1 Å². The summed E-state index contributed by atoms with van der Waals surface area (Å²) in [5.41, 5.74) is 0.506. The smallest absolute Gasteiger partial charge is 0.274 e. The Balaban J connectivity index is 1.92. The monoisotopic (exact) mass is 367 g/mol. The van der Waals surface area contributed by atoms with Crippen LogP contribution < -0.4 is 10.9 Å². The van der Waals surface area contributed by atoms with Crippen LogP contribution in [0, 0.1) is 5.82 Å². The first-order valence-corrected chi connectivity index (χ1v) is 8.94. The second kappa shape index (κ2) is 7.70. The molecular weight excluding hydrogens is 345 g/mol. The van der Waals surface area contributed by atoms with Crippen LogP contribution in [-0.2, 0) is 6.42 Å². The summed E-state index contributed by atoms with van der Waals surface area (Å²) in [6.45, 7) is 5.49. The Morgan fingerprint density at radius 1 is 1.07 bits per heavy atom. The maximum atomic E-state index is 13.8. The average molecular weight is 367 g/mol. The fraction of sp³-hybridized carbons (Fsp3) is 0.286. The molecule has 1 atom stereocenters. The van der Waals surface area contributed by atoms with Crippen molar-refractivity contribution in [2.75, 3.05) is 0 Å². The van der Waals surface area contributed by atoms with Crippen LogP contribution in [0.15, 0.2) is 53.3 Å². The van der Waals surface area contributed by atoms with Crippen LogP contribution in [0.25, 0.3) is 10.8 Å². The molecule has 0 aliphatic heterocycles. The molecule has 0 unspecified atom stereocenters. The standard InChI is InChI=1S/C21H22FN3O2/c1-13(2)25-21(27)17-10-6-5-9-16(17)19(24-25)20(26)23-14(3)12-15-8-4-7-11-18(15)22/h4-11,13-14H,12H2,1-3H3,(H,23,26)/t14-/m1/s1. The van der Waals surface area contributed by atoms with Crippen LogP contribution >= 0.6 is 0 Å². The molecule has 0 fully saturated rings. The molecule has 27 heavy (non-hydrogen) atoms. The van der Waals surface area contributed by atoms with Gasteiger partial charge in [-0.3, -0.25) is 9.59 Å². The molecule has 0 aliphatic carbocycles. The van der Waals surface area contributed by atoms with Gasteiger partial charge in [0, 0.05) is 11.4 Å². The van der Waals surface area contributed by atoms with Gasteiger partial charge in [-0.1, -0.05) is 36.4 Å². The number of halogens is 1. The Kier molecular flexibility index (Phi) is 5.35. The Bertz CT molecular complexity index is 1040. The maximum absolute atomic E-state index is 13.8. The van der Waals surface area contributed by atoms with Gasteiger partial charge in [0.25, 0.3) is 11.5 Å². The third kappa shape index (κ3) is 3.89. The summed E-state index contributed by atoms with van der Waals surface area (Å²) in [5, 5.41) is 8.12. The highest BCUT2D eigenvalue weighted by Crippen LogP contribution is 2.15. The van der Waals surface area contributed by atoms with Gasteiger partial charge in [0.1, 0.15) is 5.82 Å². The molecule has 0 saturated carbocycles. The number of nitrogens with one attached hydrogen (secondary N) is 1. The number of aromatic nitrogens is 2. The Morgan fingerprint density at radius 2 is 1.70 bits per heavy atom. The SMILES string of the molecule is CC(C)n1nc(C(=O)N[C@H](C)Cc2ccccc2F)c2ccccc2c1=O. The minimum absolute atomic E-state index is 0.176. The Morgan fingerprint density at radius 3 is 2.37 bits per heavy atom. The number of hydrogen-bond acceptors (Lipinski definition) is 3. The number of rotatable bonds is 5. The minimum atomic E-state index is -0.385. The molecule has 3 rings (SSSR count). The predicted molar refractivity (Wildman–Crippen MR) is 103 cm³/mol. The van der Waals surface area contributed by atoms with E-state index in [0.29, 0.717) is 22.8 Å². The molecule has 3 aromatic rings. The largest absolute Gasteiger partial charge is 0.348 e. The molecule has 6 heteroatoms. The zero-order chi connectivity index (χ0) is 19.6. The number of carbonyl (C=O) groups excluding carboxylic acids is 1.